The maximum atomic E-state index is 11.6. The van der Waals surface area contributed by atoms with Crippen LogP contribution in [0.1, 0.15) is 46.5 Å². The van der Waals surface area contributed by atoms with Crippen LogP contribution in [0.2, 0.25) is 0 Å². The molecule has 0 aromatic carbocycles. The molecule has 1 rings (SSSR count). The van der Waals surface area contributed by atoms with E-state index in [4.69, 9.17) is 10.5 Å². The van der Waals surface area contributed by atoms with Crippen LogP contribution in [0.4, 0.5) is 4.79 Å². The smallest absolute Gasteiger partial charge is 0.407 e. The van der Waals surface area contributed by atoms with Crippen molar-refractivity contribution in [1.29, 1.82) is 0 Å². The molecule has 5 nitrogen and oxygen atoms in total. The van der Waals surface area contributed by atoms with Gasteiger partial charge in [-0.05, 0) is 39.5 Å². The summed E-state index contributed by atoms with van der Waals surface area (Å²) >= 11 is 0. The fourth-order valence-corrected chi connectivity index (χ4v) is 2.52. The maximum absolute atomic E-state index is 11.6. The summed E-state index contributed by atoms with van der Waals surface area (Å²) in [7, 11) is 0. The highest BCUT2D eigenvalue weighted by Crippen LogP contribution is 2.23. The number of carbonyl (C=O) groups is 1. The number of ether oxygens (including phenoxy) is 1. The quantitative estimate of drug-likeness (QED) is 0.710. The maximum Gasteiger partial charge on any atom is 0.407 e. The van der Waals surface area contributed by atoms with Crippen molar-refractivity contribution < 1.29 is 9.53 Å². The lowest BCUT2D eigenvalue weighted by Crippen LogP contribution is -2.46. The normalized spacial score (nSPS) is 24.0. The fourth-order valence-electron chi connectivity index (χ4n) is 2.52. The number of hydrogen-bond acceptors (Lipinski definition) is 4. The van der Waals surface area contributed by atoms with Crippen molar-refractivity contribution in [1.82, 2.24) is 10.6 Å². The van der Waals surface area contributed by atoms with Crippen molar-refractivity contribution in [2.45, 2.75) is 58.1 Å². The molecule has 1 fully saturated rings. The molecule has 19 heavy (non-hydrogen) atoms. The SMILES string of the molecule is CC(C)(C)OC(=O)NCC1CCCCC1NCCN. The van der Waals surface area contributed by atoms with Crippen LogP contribution in [0.25, 0.3) is 0 Å². The molecular formula is C14H29N3O2. The van der Waals surface area contributed by atoms with Crippen molar-refractivity contribution in [3.05, 3.63) is 0 Å². The van der Waals surface area contributed by atoms with Crippen LogP contribution in [-0.2, 0) is 4.74 Å². The molecule has 4 N–H and O–H groups in total. The van der Waals surface area contributed by atoms with Gasteiger partial charge in [0.1, 0.15) is 5.60 Å². The molecule has 0 bridgehead atoms. The minimum absolute atomic E-state index is 0.323. The van der Waals surface area contributed by atoms with E-state index in [1.54, 1.807) is 0 Å². The summed E-state index contributed by atoms with van der Waals surface area (Å²) in [4.78, 5) is 11.6. The van der Waals surface area contributed by atoms with E-state index in [1.165, 1.54) is 19.3 Å². The van der Waals surface area contributed by atoms with Crippen LogP contribution in [0, 0.1) is 5.92 Å². The molecule has 1 aliphatic rings. The van der Waals surface area contributed by atoms with Crippen LogP contribution in [0.5, 0.6) is 0 Å². The van der Waals surface area contributed by atoms with Crippen molar-refractivity contribution in [3.8, 4) is 0 Å². The molecule has 2 atom stereocenters. The molecule has 0 spiro atoms. The molecule has 5 heteroatoms. The number of hydrogen-bond donors (Lipinski definition) is 3. The summed E-state index contributed by atoms with van der Waals surface area (Å²) < 4.78 is 5.25. The van der Waals surface area contributed by atoms with Crippen LogP contribution < -0.4 is 16.4 Å². The van der Waals surface area contributed by atoms with E-state index in [0.29, 0.717) is 25.0 Å². The topological polar surface area (TPSA) is 76.4 Å². The number of carbonyl (C=O) groups excluding carboxylic acids is 1. The third kappa shape index (κ3) is 6.78. The van der Waals surface area contributed by atoms with Crippen LogP contribution in [0.15, 0.2) is 0 Å². The molecule has 0 radical (unpaired) electrons. The predicted octanol–water partition coefficient (Wildman–Crippen LogP) is 1.62. The van der Waals surface area contributed by atoms with Gasteiger partial charge in [-0.1, -0.05) is 12.8 Å². The standard InChI is InChI=1S/C14H29N3O2/c1-14(2,3)19-13(18)17-10-11-6-4-5-7-12(11)16-9-8-15/h11-12,16H,4-10,15H2,1-3H3,(H,17,18). The van der Waals surface area contributed by atoms with Gasteiger partial charge in [0.15, 0.2) is 0 Å². The Labute approximate surface area is 116 Å². The van der Waals surface area contributed by atoms with Crippen molar-refractivity contribution in [2.75, 3.05) is 19.6 Å². The van der Waals surface area contributed by atoms with Crippen molar-refractivity contribution in [2.24, 2.45) is 11.7 Å². The molecule has 1 aliphatic carbocycles. The summed E-state index contributed by atoms with van der Waals surface area (Å²) in [5.41, 5.74) is 5.09. The molecule has 0 aliphatic heterocycles. The second-order valence-corrected chi connectivity index (χ2v) is 6.28. The van der Waals surface area contributed by atoms with Gasteiger partial charge in [0.2, 0.25) is 0 Å². The first-order valence-electron chi connectivity index (χ1n) is 7.32. The highest BCUT2D eigenvalue weighted by Gasteiger charge is 2.25. The van der Waals surface area contributed by atoms with Gasteiger partial charge >= 0.3 is 6.09 Å². The van der Waals surface area contributed by atoms with Gasteiger partial charge in [0, 0.05) is 25.7 Å². The lowest BCUT2D eigenvalue weighted by atomic mass is 9.84. The largest absolute Gasteiger partial charge is 0.444 e. The average molecular weight is 271 g/mol. The Bertz CT molecular complexity index is 276. The molecule has 0 heterocycles. The Kier molecular flexibility index (Phi) is 6.58. The second-order valence-electron chi connectivity index (χ2n) is 6.28. The van der Waals surface area contributed by atoms with Gasteiger partial charge in [0.05, 0.1) is 0 Å². The van der Waals surface area contributed by atoms with Crippen molar-refractivity contribution in [3.63, 3.8) is 0 Å². The molecule has 0 aromatic heterocycles. The Morgan fingerprint density at radius 1 is 1.32 bits per heavy atom. The van der Waals surface area contributed by atoms with E-state index in [0.717, 1.165) is 13.0 Å². The van der Waals surface area contributed by atoms with Gasteiger partial charge in [-0.2, -0.15) is 0 Å². The second kappa shape index (κ2) is 7.70. The minimum Gasteiger partial charge on any atom is -0.444 e. The van der Waals surface area contributed by atoms with Gasteiger partial charge in [-0.15, -0.1) is 0 Å². The minimum atomic E-state index is -0.437. The van der Waals surface area contributed by atoms with E-state index < -0.39 is 5.60 Å². The van der Waals surface area contributed by atoms with E-state index >= 15 is 0 Å². The highest BCUT2D eigenvalue weighted by molar-refractivity contribution is 5.67. The number of alkyl carbamates (subject to hydrolysis) is 1. The van der Waals surface area contributed by atoms with Crippen LogP contribution in [-0.4, -0.2) is 37.4 Å². The fraction of sp³-hybridized carbons (Fsp3) is 0.929. The summed E-state index contributed by atoms with van der Waals surface area (Å²) in [6.07, 6.45) is 4.49. The van der Waals surface area contributed by atoms with E-state index in [2.05, 4.69) is 10.6 Å². The van der Waals surface area contributed by atoms with Crippen molar-refractivity contribution >= 4 is 6.09 Å². The summed E-state index contributed by atoms with van der Waals surface area (Å²) in [5.74, 6) is 0.479. The number of rotatable bonds is 5. The zero-order chi connectivity index (χ0) is 14.3. The first kappa shape index (κ1) is 16.2. The number of nitrogens with two attached hydrogens (primary N) is 1. The molecule has 2 unspecified atom stereocenters. The van der Waals surface area contributed by atoms with Crippen LogP contribution in [0.3, 0.4) is 0 Å². The monoisotopic (exact) mass is 271 g/mol. The number of nitrogens with one attached hydrogen (secondary N) is 2. The third-order valence-corrected chi connectivity index (χ3v) is 3.37. The Morgan fingerprint density at radius 2 is 2.00 bits per heavy atom. The first-order valence-corrected chi connectivity index (χ1v) is 7.32. The molecule has 0 saturated heterocycles. The molecule has 0 aromatic rings. The summed E-state index contributed by atoms with van der Waals surface area (Å²) in [6.45, 7) is 7.80. The molecule has 1 amide bonds. The van der Waals surface area contributed by atoms with Gasteiger partial charge in [-0.3, -0.25) is 0 Å². The lowest BCUT2D eigenvalue weighted by Gasteiger charge is -2.32. The van der Waals surface area contributed by atoms with Gasteiger partial charge < -0.3 is 21.1 Å². The predicted molar refractivity (Wildman–Crippen MR) is 77.0 cm³/mol. The van der Waals surface area contributed by atoms with E-state index in [9.17, 15) is 4.79 Å². The number of amides is 1. The average Bonchev–Trinajstić information content (AvgIpc) is 2.32. The third-order valence-electron chi connectivity index (χ3n) is 3.37. The Hall–Kier alpha value is -0.810. The van der Waals surface area contributed by atoms with Crippen LogP contribution >= 0.6 is 0 Å². The highest BCUT2D eigenvalue weighted by atomic mass is 16.6. The van der Waals surface area contributed by atoms with Gasteiger partial charge in [0.25, 0.3) is 0 Å². The summed E-state index contributed by atoms with van der Waals surface area (Å²) in [6, 6.07) is 0.465. The molecule has 1 saturated carbocycles. The summed E-state index contributed by atoms with van der Waals surface area (Å²) in [5, 5.41) is 6.36. The van der Waals surface area contributed by atoms with E-state index in [-0.39, 0.29) is 6.09 Å². The molecule has 112 valence electrons. The first-order chi connectivity index (χ1) is 8.92. The lowest BCUT2D eigenvalue weighted by molar-refractivity contribution is 0.0511. The molecular weight excluding hydrogens is 242 g/mol. The van der Waals surface area contributed by atoms with E-state index in [1.807, 2.05) is 20.8 Å². The zero-order valence-corrected chi connectivity index (χ0v) is 12.5. The Morgan fingerprint density at radius 3 is 2.63 bits per heavy atom. The Balaban J connectivity index is 2.34. The zero-order valence-electron chi connectivity index (χ0n) is 12.5. The van der Waals surface area contributed by atoms with Gasteiger partial charge in [-0.25, -0.2) is 4.79 Å².